The number of amides is 1. The van der Waals surface area contributed by atoms with Gasteiger partial charge in [0.25, 0.3) is 5.91 Å². The average Bonchev–Trinajstić information content (AvgIpc) is 2.78. The Kier molecular flexibility index (Phi) is 7.07. The smallest absolute Gasteiger partial charge is 0.262 e. The summed E-state index contributed by atoms with van der Waals surface area (Å²) in [7, 11) is -2.11. The van der Waals surface area contributed by atoms with Gasteiger partial charge in [-0.15, -0.1) is 0 Å². The molecule has 0 bridgehead atoms. The number of piperidine rings is 1. The van der Waals surface area contributed by atoms with Crippen LogP contribution < -0.4 is 14.8 Å². The fraction of sp³-hybridized carbons (Fsp3) is 0.333. The summed E-state index contributed by atoms with van der Waals surface area (Å²) in [6.07, 6.45) is 3.34. The molecule has 8 nitrogen and oxygen atoms in total. The minimum absolute atomic E-state index is 0.140. The third kappa shape index (κ3) is 5.17. The van der Waals surface area contributed by atoms with E-state index in [1.165, 1.54) is 29.6 Å². The first kappa shape index (κ1) is 21.8. The van der Waals surface area contributed by atoms with Crippen LogP contribution in [0.4, 0.5) is 5.69 Å². The molecule has 1 heterocycles. The van der Waals surface area contributed by atoms with Crippen molar-refractivity contribution in [2.75, 3.05) is 32.1 Å². The summed E-state index contributed by atoms with van der Waals surface area (Å²) in [6, 6.07) is 10.8. The highest BCUT2D eigenvalue weighted by atomic mass is 32.2. The first-order valence-electron chi connectivity index (χ1n) is 9.60. The third-order valence-corrected chi connectivity index (χ3v) is 6.67. The number of nitrogens with zero attached hydrogens (tertiary/aromatic N) is 1. The van der Waals surface area contributed by atoms with Crippen molar-refractivity contribution in [1.29, 1.82) is 0 Å². The third-order valence-electron chi connectivity index (χ3n) is 4.77. The molecular weight excluding hydrogens is 408 g/mol. The molecule has 0 aliphatic carbocycles. The summed E-state index contributed by atoms with van der Waals surface area (Å²) < 4.78 is 37.6. The van der Waals surface area contributed by atoms with Crippen LogP contribution in [0.3, 0.4) is 0 Å². The van der Waals surface area contributed by atoms with E-state index in [-0.39, 0.29) is 22.8 Å². The maximum atomic E-state index is 12.8. The molecule has 2 aromatic rings. The number of anilines is 1. The second-order valence-electron chi connectivity index (χ2n) is 6.85. The number of methoxy groups -OCH3 is 1. The van der Waals surface area contributed by atoms with Gasteiger partial charge in [-0.05, 0) is 49.2 Å². The number of aldehydes is 1. The summed E-state index contributed by atoms with van der Waals surface area (Å²) in [5.74, 6) is 0.276. The normalized spacial score (nSPS) is 14.7. The summed E-state index contributed by atoms with van der Waals surface area (Å²) >= 11 is 0. The summed E-state index contributed by atoms with van der Waals surface area (Å²) in [6.45, 7) is 0.678. The van der Waals surface area contributed by atoms with Crippen LogP contribution in [0.25, 0.3) is 0 Å². The van der Waals surface area contributed by atoms with Gasteiger partial charge >= 0.3 is 0 Å². The van der Waals surface area contributed by atoms with Crippen molar-refractivity contribution < 1.29 is 27.5 Å². The highest BCUT2D eigenvalue weighted by Crippen LogP contribution is 2.24. The Morgan fingerprint density at radius 2 is 1.90 bits per heavy atom. The summed E-state index contributed by atoms with van der Waals surface area (Å²) in [4.78, 5) is 23.6. The van der Waals surface area contributed by atoms with Crippen LogP contribution in [0.5, 0.6) is 11.5 Å². The molecule has 0 atom stereocenters. The van der Waals surface area contributed by atoms with Crippen LogP contribution >= 0.6 is 0 Å². The molecule has 0 saturated carbocycles. The van der Waals surface area contributed by atoms with Crippen molar-refractivity contribution in [1.82, 2.24) is 4.31 Å². The van der Waals surface area contributed by atoms with Gasteiger partial charge in [-0.25, -0.2) is 8.42 Å². The second kappa shape index (κ2) is 9.73. The minimum atomic E-state index is -3.59. The zero-order valence-electron chi connectivity index (χ0n) is 16.7. The van der Waals surface area contributed by atoms with Crippen molar-refractivity contribution in [3.63, 3.8) is 0 Å². The van der Waals surface area contributed by atoms with Gasteiger partial charge in [-0.2, -0.15) is 4.31 Å². The van der Waals surface area contributed by atoms with Crippen molar-refractivity contribution >= 4 is 27.9 Å². The molecule has 1 saturated heterocycles. The fourth-order valence-corrected chi connectivity index (χ4v) is 4.77. The number of ether oxygens (including phenoxy) is 2. The Balaban J connectivity index is 1.65. The summed E-state index contributed by atoms with van der Waals surface area (Å²) in [5, 5.41) is 2.63. The lowest BCUT2D eigenvalue weighted by atomic mass is 10.2. The number of rotatable bonds is 8. The highest BCUT2D eigenvalue weighted by molar-refractivity contribution is 7.89. The Morgan fingerprint density at radius 3 is 2.60 bits per heavy atom. The molecule has 1 fully saturated rings. The van der Waals surface area contributed by atoms with E-state index in [4.69, 9.17) is 9.47 Å². The van der Waals surface area contributed by atoms with Crippen LogP contribution in [-0.2, 0) is 14.8 Å². The van der Waals surface area contributed by atoms with Crippen LogP contribution in [-0.4, -0.2) is 51.7 Å². The van der Waals surface area contributed by atoms with E-state index < -0.39 is 15.9 Å². The van der Waals surface area contributed by atoms with Crippen molar-refractivity contribution in [2.24, 2.45) is 0 Å². The molecule has 1 amide bonds. The maximum absolute atomic E-state index is 12.8. The number of hydrogen-bond donors (Lipinski definition) is 1. The van der Waals surface area contributed by atoms with Gasteiger partial charge in [0, 0.05) is 18.8 Å². The highest BCUT2D eigenvalue weighted by Gasteiger charge is 2.26. The number of benzene rings is 2. The fourth-order valence-electron chi connectivity index (χ4n) is 3.21. The Morgan fingerprint density at radius 1 is 1.13 bits per heavy atom. The lowest BCUT2D eigenvalue weighted by Gasteiger charge is -2.26. The molecule has 0 unspecified atom stereocenters. The van der Waals surface area contributed by atoms with Gasteiger partial charge in [-0.1, -0.05) is 12.5 Å². The molecular formula is C21H24N2O6S. The number of hydrogen-bond acceptors (Lipinski definition) is 6. The monoisotopic (exact) mass is 432 g/mol. The van der Waals surface area contributed by atoms with Gasteiger partial charge in [0.2, 0.25) is 10.0 Å². The number of carbonyl (C=O) groups excluding carboxylic acids is 2. The van der Waals surface area contributed by atoms with E-state index in [0.29, 0.717) is 30.8 Å². The van der Waals surface area contributed by atoms with Gasteiger partial charge in [0.15, 0.2) is 12.9 Å². The van der Waals surface area contributed by atoms with E-state index in [1.54, 1.807) is 24.3 Å². The first-order chi connectivity index (χ1) is 14.4. The van der Waals surface area contributed by atoms with Crippen LogP contribution in [0, 0.1) is 0 Å². The number of sulfonamides is 1. The van der Waals surface area contributed by atoms with E-state index in [1.807, 2.05) is 0 Å². The van der Waals surface area contributed by atoms with Gasteiger partial charge in [0.1, 0.15) is 11.5 Å². The van der Waals surface area contributed by atoms with Gasteiger partial charge < -0.3 is 14.8 Å². The lowest BCUT2D eigenvalue weighted by Crippen LogP contribution is -2.35. The lowest BCUT2D eigenvalue weighted by molar-refractivity contribution is -0.118. The quantitative estimate of drug-likeness (QED) is 0.644. The standard InChI is InChI=1S/C21H24N2O6S/c1-28-18-8-9-20(16(12-18)14-24)29-15-21(25)22-17-6-5-7-19(13-17)30(26,27)23-10-3-2-4-11-23/h5-9,12-14H,2-4,10-11,15H2,1H3,(H,22,25). The average molecular weight is 432 g/mol. The molecule has 0 spiro atoms. The maximum Gasteiger partial charge on any atom is 0.262 e. The molecule has 1 N–H and O–H groups in total. The molecule has 3 rings (SSSR count). The molecule has 0 aromatic heterocycles. The van der Waals surface area contributed by atoms with Crippen molar-refractivity contribution in [3.05, 3.63) is 48.0 Å². The zero-order valence-corrected chi connectivity index (χ0v) is 17.5. The van der Waals surface area contributed by atoms with E-state index in [0.717, 1.165) is 19.3 Å². The summed E-state index contributed by atoms with van der Waals surface area (Å²) in [5.41, 5.74) is 0.615. The predicted molar refractivity (Wildman–Crippen MR) is 112 cm³/mol. The molecule has 1 aliphatic heterocycles. The predicted octanol–water partition coefficient (Wildman–Crippen LogP) is 2.70. The SMILES string of the molecule is COc1ccc(OCC(=O)Nc2cccc(S(=O)(=O)N3CCCCC3)c2)c(C=O)c1. The Labute approximate surface area is 175 Å². The molecule has 2 aromatic carbocycles. The topological polar surface area (TPSA) is 102 Å². The number of carbonyl (C=O) groups is 2. The van der Waals surface area contributed by atoms with Crippen molar-refractivity contribution in [2.45, 2.75) is 24.2 Å². The molecule has 9 heteroatoms. The molecule has 160 valence electrons. The minimum Gasteiger partial charge on any atom is -0.497 e. The van der Waals surface area contributed by atoms with E-state index in [9.17, 15) is 18.0 Å². The van der Waals surface area contributed by atoms with E-state index >= 15 is 0 Å². The largest absolute Gasteiger partial charge is 0.497 e. The Bertz CT molecular complexity index is 1020. The Hall–Kier alpha value is -2.91. The van der Waals surface area contributed by atoms with Gasteiger partial charge in [0.05, 0.1) is 17.6 Å². The van der Waals surface area contributed by atoms with Crippen LogP contribution in [0.2, 0.25) is 0 Å². The van der Waals surface area contributed by atoms with Crippen molar-refractivity contribution in [3.8, 4) is 11.5 Å². The second-order valence-corrected chi connectivity index (χ2v) is 8.79. The molecule has 30 heavy (non-hydrogen) atoms. The first-order valence-corrected chi connectivity index (χ1v) is 11.0. The van der Waals surface area contributed by atoms with Crippen LogP contribution in [0.15, 0.2) is 47.4 Å². The van der Waals surface area contributed by atoms with Crippen LogP contribution in [0.1, 0.15) is 29.6 Å². The molecule has 1 aliphatic rings. The van der Waals surface area contributed by atoms with Gasteiger partial charge in [-0.3, -0.25) is 9.59 Å². The molecule has 0 radical (unpaired) electrons. The zero-order chi connectivity index (χ0) is 21.6. The number of nitrogens with one attached hydrogen (secondary N) is 1. The van der Waals surface area contributed by atoms with E-state index in [2.05, 4.69) is 5.32 Å².